The second kappa shape index (κ2) is 8.32. The number of esters is 1. The van der Waals surface area contributed by atoms with E-state index in [9.17, 15) is 14.4 Å². The van der Waals surface area contributed by atoms with Gasteiger partial charge in [0.1, 0.15) is 12.9 Å². The van der Waals surface area contributed by atoms with Gasteiger partial charge in [0.2, 0.25) is 0 Å². The molecular formula is C17H21N3O6. The zero-order chi connectivity index (χ0) is 19.2. The summed E-state index contributed by atoms with van der Waals surface area (Å²) in [5, 5.41) is 1.58. The number of carbonyl (C=O) groups is 3. The zero-order valence-corrected chi connectivity index (χ0v) is 14.9. The number of aliphatic imine (C=N–C) groups is 1. The van der Waals surface area contributed by atoms with E-state index in [0.717, 1.165) is 21.9 Å². The lowest BCUT2D eigenvalue weighted by Crippen LogP contribution is -2.58. The Labute approximate surface area is 151 Å². The minimum absolute atomic E-state index is 0.000848. The smallest absolute Gasteiger partial charge is 0.434 e. The van der Waals surface area contributed by atoms with Gasteiger partial charge in [0, 0.05) is 0 Å². The Balaban J connectivity index is 2.19. The number of ether oxygens (including phenoxy) is 3. The van der Waals surface area contributed by atoms with Gasteiger partial charge in [0.15, 0.2) is 0 Å². The Morgan fingerprint density at radius 3 is 2.23 bits per heavy atom. The fourth-order valence-electron chi connectivity index (χ4n) is 2.25. The molecule has 9 heteroatoms. The molecule has 1 aliphatic rings. The molecule has 2 amide bonds. The van der Waals surface area contributed by atoms with Crippen LogP contribution in [0, 0.1) is 0 Å². The molecule has 0 saturated carbocycles. The van der Waals surface area contributed by atoms with Crippen molar-refractivity contribution >= 4 is 24.5 Å². The van der Waals surface area contributed by atoms with E-state index in [1.165, 1.54) is 6.92 Å². The highest BCUT2D eigenvalue weighted by atomic mass is 16.6. The van der Waals surface area contributed by atoms with Crippen LogP contribution in [-0.4, -0.2) is 53.4 Å². The fraction of sp³-hybridized carbons (Fsp3) is 0.412. The SMILES string of the molecule is CCOC(=O)N1C=NC(C)(C(=O)OCc2ccccc2)N1C(=O)OCC. The fourth-order valence-corrected chi connectivity index (χ4v) is 2.25. The van der Waals surface area contributed by atoms with Gasteiger partial charge < -0.3 is 14.2 Å². The average molecular weight is 363 g/mol. The second-order valence-electron chi connectivity index (χ2n) is 5.38. The quantitative estimate of drug-likeness (QED) is 0.588. The Kier molecular flexibility index (Phi) is 6.16. The van der Waals surface area contributed by atoms with Crippen molar-refractivity contribution in [2.24, 2.45) is 4.99 Å². The standard InChI is InChI=1S/C17H21N3O6/c1-4-24-15(22)19-12-18-17(3,20(19)16(23)25-5-2)14(21)26-11-13-9-7-6-8-10-13/h6-10,12H,4-5,11H2,1-3H3. The molecule has 0 aliphatic carbocycles. The van der Waals surface area contributed by atoms with Gasteiger partial charge in [-0.25, -0.2) is 19.4 Å². The van der Waals surface area contributed by atoms with Crippen LogP contribution in [0.4, 0.5) is 9.59 Å². The third-order valence-corrected chi connectivity index (χ3v) is 3.54. The van der Waals surface area contributed by atoms with Crippen molar-refractivity contribution in [2.45, 2.75) is 33.0 Å². The van der Waals surface area contributed by atoms with Gasteiger partial charge in [-0.2, -0.15) is 10.0 Å². The largest absolute Gasteiger partial charge is 0.458 e. The summed E-state index contributed by atoms with van der Waals surface area (Å²) < 4.78 is 15.1. The van der Waals surface area contributed by atoms with E-state index in [1.54, 1.807) is 26.0 Å². The molecule has 9 nitrogen and oxygen atoms in total. The van der Waals surface area contributed by atoms with Crippen LogP contribution in [0.3, 0.4) is 0 Å². The molecule has 1 aromatic rings. The van der Waals surface area contributed by atoms with E-state index in [-0.39, 0.29) is 19.8 Å². The predicted octanol–water partition coefficient (Wildman–Crippen LogP) is 2.32. The molecule has 1 heterocycles. The lowest BCUT2D eigenvalue weighted by Gasteiger charge is -2.33. The van der Waals surface area contributed by atoms with Crippen molar-refractivity contribution in [3.63, 3.8) is 0 Å². The Hall–Kier alpha value is -3.10. The van der Waals surface area contributed by atoms with Gasteiger partial charge in [-0.05, 0) is 26.3 Å². The normalized spacial score (nSPS) is 18.6. The molecule has 26 heavy (non-hydrogen) atoms. The average Bonchev–Trinajstić information content (AvgIpc) is 3.00. The first kappa shape index (κ1) is 19.2. The summed E-state index contributed by atoms with van der Waals surface area (Å²) in [7, 11) is 0. The van der Waals surface area contributed by atoms with Crippen LogP contribution in [-0.2, 0) is 25.6 Å². The summed E-state index contributed by atoms with van der Waals surface area (Å²) in [4.78, 5) is 41.0. The van der Waals surface area contributed by atoms with Crippen molar-refractivity contribution in [1.29, 1.82) is 0 Å². The van der Waals surface area contributed by atoms with Gasteiger partial charge in [-0.3, -0.25) is 0 Å². The maximum absolute atomic E-state index is 12.6. The number of amides is 2. The first-order chi connectivity index (χ1) is 12.4. The summed E-state index contributed by atoms with van der Waals surface area (Å²) in [5.74, 6) is -0.808. The molecule has 0 aromatic heterocycles. The highest BCUT2D eigenvalue weighted by molar-refractivity contribution is 5.94. The molecular weight excluding hydrogens is 342 g/mol. The number of hydrogen-bond donors (Lipinski definition) is 0. The summed E-state index contributed by atoms with van der Waals surface area (Å²) >= 11 is 0. The van der Waals surface area contributed by atoms with Crippen LogP contribution in [0.25, 0.3) is 0 Å². The molecule has 140 valence electrons. The van der Waals surface area contributed by atoms with Crippen LogP contribution in [0.2, 0.25) is 0 Å². The summed E-state index contributed by atoms with van der Waals surface area (Å²) in [6.45, 7) is 4.73. The third kappa shape index (κ3) is 3.93. The highest BCUT2D eigenvalue weighted by Crippen LogP contribution is 2.28. The minimum Gasteiger partial charge on any atom is -0.458 e. The Bertz CT molecular complexity index is 693. The molecule has 1 atom stereocenters. The van der Waals surface area contributed by atoms with E-state index in [0.29, 0.717) is 0 Å². The topological polar surface area (TPSA) is 97.7 Å². The molecule has 1 unspecified atom stereocenters. The number of benzene rings is 1. The van der Waals surface area contributed by atoms with Crippen LogP contribution in [0.1, 0.15) is 26.3 Å². The summed E-state index contributed by atoms with van der Waals surface area (Å²) in [5.41, 5.74) is -1.01. The molecule has 1 aromatic carbocycles. The lowest BCUT2D eigenvalue weighted by molar-refractivity contribution is -0.161. The molecule has 0 radical (unpaired) electrons. The van der Waals surface area contributed by atoms with E-state index in [1.807, 2.05) is 18.2 Å². The number of rotatable bonds is 5. The second-order valence-corrected chi connectivity index (χ2v) is 5.38. The number of hydrazine groups is 1. The maximum Gasteiger partial charge on any atom is 0.434 e. The van der Waals surface area contributed by atoms with Crippen molar-refractivity contribution in [3.05, 3.63) is 35.9 Å². The lowest BCUT2D eigenvalue weighted by atomic mass is 10.2. The van der Waals surface area contributed by atoms with Gasteiger partial charge in [-0.15, -0.1) is 0 Å². The van der Waals surface area contributed by atoms with E-state index in [4.69, 9.17) is 14.2 Å². The van der Waals surface area contributed by atoms with Gasteiger partial charge in [0.05, 0.1) is 13.2 Å². The van der Waals surface area contributed by atoms with Crippen molar-refractivity contribution in [2.75, 3.05) is 13.2 Å². The van der Waals surface area contributed by atoms with E-state index in [2.05, 4.69) is 4.99 Å². The Morgan fingerprint density at radius 2 is 1.62 bits per heavy atom. The third-order valence-electron chi connectivity index (χ3n) is 3.54. The minimum atomic E-state index is -1.78. The summed E-state index contributed by atoms with van der Waals surface area (Å²) in [6.07, 6.45) is -0.736. The van der Waals surface area contributed by atoms with Crippen LogP contribution in [0.5, 0.6) is 0 Å². The van der Waals surface area contributed by atoms with Crippen LogP contribution >= 0.6 is 0 Å². The van der Waals surface area contributed by atoms with Crippen LogP contribution in [0.15, 0.2) is 35.3 Å². The van der Waals surface area contributed by atoms with Crippen molar-refractivity contribution < 1.29 is 28.6 Å². The molecule has 0 fully saturated rings. The number of nitrogens with zero attached hydrogens (tertiary/aromatic N) is 3. The molecule has 2 rings (SSSR count). The van der Waals surface area contributed by atoms with E-state index >= 15 is 0 Å². The van der Waals surface area contributed by atoms with E-state index < -0.39 is 23.8 Å². The van der Waals surface area contributed by atoms with Crippen molar-refractivity contribution in [1.82, 2.24) is 10.0 Å². The van der Waals surface area contributed by atoms with Crippen molar-refractivity contribution in [3.8, 4) is 0 Å². The predicted molar refractivity (Wildman–Crippen MR) is 90.9 cm³/mol. The molecule has 1 aliphatic heterocycles. The highest BCUT2D eigenvalue weighted by Gasteiger charge is 2.53. The Morgan fingerprint density at radius 1 is 1.00 bits per heavy atom. The van der Waals surface area contributed by atoms with Crippen LogP contribution < -0.4 is 0 Å². The summed E-state index contributed by atoms with van der Waals surface area (Å²) in [6, 6.07) is 9.05. The molecule has 0 spiro atoms. The molecule has 0 N–H and O–H groups in total. The first-order valence-corrected chi connectivity index (χ1v) is 8.13. The number of hydrogen-bond acceptors (Lipinski definition) is 7. The monoisotopic (exact) mass is 363 g/mol. The van der Waals surface area contributed by atoms with Gasteiger partial charge in [-0.1, -0.05) is 30.3 Å². The number of carbonyl (C=O) groups excluding carboxylic acids is 3. The molecule has 0 bridgehead atoms. The van der Waals surface area contributed by atoms with Gasteiger partial charge in [0.25, 0.3) is 5.66 Å². The maximum atomic E-state index is 12.6. The van der Waals surface area contributed by atoms with Gasteiger partial charge >= 0.3 is 18.2 Å². The molecule has 0 saturated heterocycles. The first-order valence-electron chi connectivity index (χ1n) is 8.13. The zero-order valence-electron chi connectivity index (χ0n) is 14.9.